The van der Waals surface area contributed by atoms with Gasteiger partial charge in [-0.15, -0.1) is 0 Å². The maximum atomic E-state index is 14.4. The van der Waals surface area contributed by atoms with Crippen LogP contribution >= 0.6 is 0 Å². The third-order valence-electron chi connectivity index (χ3n) is 6.45. The average Bonchev–Trinajstić information content (AvgIpc) is 2.90. The van der Waals surface area contributed by atoms with Crippen LogP contribution in [0.1, 0.15) is 52.0 Å². The molecule has 1 saturated carbocycles. The van der Waals surface area contributed by atoms with Gasteiger partial charge in [-0.25, -0.2) is 8.57 Å². The Morgan fingerprint density at radius 1 is 1.29 bits per heavy atom. The topological polar surface area (TPSA) is 79.1 Å². The number of aryl methyl sites for hydroxylation is 1. The highest BCUT2D eigenvalue weighted by Crippen LogP contribution is 2.47. The molecule has 6 atom stereocenters. The van der Waals surface area contributed by atoms with Crippen molar-refractivity contribution in [3.8, 4) is 0 Å². The molecule has 1 aliphatic carbocycles. The van der Waals surface area contributed by atoms with Crippen LogP contribution in [-0.4, -0.2) is 50.6 Å². The first kappa shape index (κ1) is 21.8. The summed E-state index contributed by atoms with van der Waals surface area (Å²) in [5.74, 6) is 0.354. The van der Waals surface area contributed by atoms with E-state index in [9.17, 15) is 14.4 Å². The van der Waals surface area contributed by atoms with Gasteiger partial charge in [0.2, 0.25) is 0 Å². The van der Waals surface area contributed by atoms with Crippen molar-refractivity contribution in [1.29, 1.82) is 0 Å². The van der Waals surface area contributed by atoms with Crippen molar-refractivity contribution in [2.24, 2.45) is 16.2 Å². The highest BCUT2D eigenvalue weighted by Gasteiger charge is 2.55. The van der Waals surface area contributed by atoms with Crippen LogP contribution < -0.4 is 0 Å². The quantitative estimate of drug-likeness (QED) is 0.753. The maximum Gasteiger partial charge on any atom is 0.0868 e. The van der Waals surface area contributed by atoms with Gasteiger partial charge < -0.3 is 14.9 Å². The lowest BCUT2D eigenvalue weighted by Gasteiger charge is -2.39. The summed E-state index contributed by atoms with van der Waals surface area (Å²) in [7, 11) is -2.82. The van der Waals surface area contributed by atoms with Crippen molar-refractivity contribution >= 4 is 9.73 Å². The maximum absolute atomic E-state index is 14.4. The summed E-state index contributed by atoms with van der Waals surface area (Å²) in [5, 5.41) is 20.5. The summed E-state index contributed by atoms with van der Waals surface area (Å²) in [6.45, 7) is 7.75. The minimum absolute atomic E-state index is 0.00986. The molecule has 3 rings (SSSR count). The molecule has 1 heterocycles. The van der Waals surface area contributed by atoms with Crippen LogP contribution in [0.5, 0.6) is 0 Å². The van der Waals surface area contributed by atoms with Gasteiger partial charge in [-0.1, -0.05) is 44.4 Å². The second-order valence-electron chi connectivity index (χ2n) is 8.93. The number of benzene rings is 1. The molecule has 0 radical (unpaired) electrons. The van der Waals surface area contributed by atoms with Gasteiger partial charge in [-0.05, 0) is 44.7 Å². The molecule has 0 bridgehead atoms. The molecule has 28 heavy (non-hydrogen) atoms. The molecule has 1 saturated heterocycles. The Balaban J connectivity index is 2.08. The van der Waals surface area contributed by atoms with Crippen LogP contribution in [0.2, 0.25) is 0 Å². The van der Waals surface area contributed by atoms with Crippen molar-refractivity contribution in [3.63, 3.8) is 0 Å². The van der Waals surface area contributed by atoms with Crippen LogP contribution in [-0.2, 0) is 14.5 Å². The van der Waals surface area contributed by atoms with Crippen molar-refractivity contribution in [3.05, 3.63) is 29.8 Å². The van der Waals surface area contributed by atoms with Crippen LogP contribution in [0.3, 0.4) is 0 Å². The van der Waals surface area contributed by atoms with E-state index in [0.717, 1.165) is 31.2 Å². The fourth-order valence-electron chi connectivity index (χ4n) is 4.69. The first-order valence-corrected chi connectivity index (χ1v) is 12.2. The fraction of sp³-hybridized carbons (Fsp3) is 0.727. The van der Waals surface area contributed by atoms with E-state index < -0.39 is 27.5 Å². The van der Waals surface area contributed by atoms with Crippen molar-refractivity contribution < 1.29 is 19.2 Å². The second kappa shape index (κ2) is 8.42. The monoisotopic (exact) mass is 409 g/mol. The minimum Gasteiger partial charge on any atom is -0.394 e. The Labute approximate surface area is 169 Å². The van der Waals surface area contributed by atoms with Gasteiger partial charge in [-0.2, -0.15) is 0 Å². The molecule has 0 aromatic heterocycles. The van der Waals surface area contributed by atoms with E-state index in [1.54, 1.807) is 0 Å². The van der Waals surface area contributed by atoms with E-state index in [1.807, 2.05) is 52.0 Å². The van der Waals surface area contributed by atoms with E-state index in [4.69, 9.17) is 9.10 Å². The molecular formula is C22H35NO4S. The molecule has 0 amide bonds. The highest BCUT2D eigenvalue weighted by molar-refractivity contribution is 7.93. The van der Waals surface area contributed by atoms with Gasteiger partial charge in [-0.3, -0.25) is 0 Å². The number of ether oxygens (including phenoxy) is 1. The van der Waals surface area contributed by atoms with Gasteiger partial charge in [0.05, 0.1) is 45.9 Å². The molecule has 2 N–H and O–H groups in total. The van der Waals surface area contributed by atoms with E-state index in [-0.39, 0.29) is 30.3 Å². The highest BCUT2D eigenvalue weighted by atomic mass is 32.2. The summed E-state index contributed by atoms with van der Waals surface area (Å²) in [4.78, 5) is 0.688. The number of aliphatic hydroxyl groups is 2. The normalized spacial score (nSPS) is 33.3. The van der Waals surface area contributed by atoms with Crippen molar-refractivity contribution in [1.82, 2.24) is 0 Å². The van der Waals surface area contributed by atoms with E-state index in [1.165, 1.54) is 0 Å². The zero-order valence-electron chi connectivity index (χ0n) is 17.5. The number of hydrogen-bond acceptors (Lipinski definition) is 5. The molecule has 1 aromatic rings. The van der Waals surface area contributed by atoms with Gasteiger partial charge in [0, 0.05) is 10.8 Å². The largest absolute Gasteiger partial charge is 0.394 e. The first-order chi connectivity index (χ1) is 13.2. The molecule has 6 heteroatoms. The number of fused-ring (bicyclic) bond motifs is 1. The summed E-state index contributed by atoms with van der Waals surface area (Å²) in [6, 6.07) is 7.29. The molecule has 5 nitrogen and oxygen atoms in total. The SMILES string of the molecule is Cc1ccc(S(=O)(C[C@@]23CCCC[C@@H]2[C@H](O)[C@H](C)O3)=N[C@@H](CO)C(C)C)cc1. The van der Waals surface area contributed by atoms with Crippen molar-refractivity contribution in [2.75, 3.05) is 12.4 Å². The lowest BCUT2D eigenvalue weighted by molar-refractivity contribution is -0.0547. The molecule has 1 unspecified atom stereocenters. The summed E-state index contributed by atoms with van der Waals surface area (Å²) in [5.41, 5.74) is 0.488. The van der Waals surface area contributed by atoms with Crippen molar-refractivity contribution in [2.45, 2.75) is 82.1 Å². The Hall–Kier alpha value is -0.950. The Bertz CT molecular complexity index is 784. The first-order valence-electron chi connectivity index (χ1n) is 10.5. The standard InChI is InChI=1S/C22H35NO4S/c1-15(2)20(13-24)23-28(26,18-10-8-16(3)9-11-18)14-22-12-6-5-7-19(22)21(25)17(4)27-22/h8-11,15,17,19-21,24-25H,5-7,12-14H2,1-4H3/t17-,19+,20-,21+,22-,28?/m0/s1. The van der Waals surface area contributed by atoms with Crippen LogP contribution in [0, 0.1) is 18.8 Å². The second-order valence-corrected chi connectivity index (χ2v) is 11.2. The fourth-order valence-corrected chi connectivity index (χ4v) is 7.45. The van der Waals surface area contributed by atoms with Crippen LogP contribution in [0.15, 0.2) is 33.5 Å². The van der Waals surface area contributed by atoms with Crippen LogP contribution in [0.4, 0.5) is 0 Å². The average molecular weight is 410 g/mol. The summed E-state index contributed by atoms with van der Waals surface area (Å²) in [6.07, 6.45) is 2.97. The van der Waals surface area contributed by atoms with Gasteiger partial charge >= 0.3 is 0 Å². The summed E-state index contributed by atoms with van der Waals surface area (Å²) >= 11 is 0. The third-order valence-corrected chi connectivity index (χ3v) is 8.95. The molecule has 2 aliphatic rings. The van der Waals surface area contributed by atoms with Crippen LogP contribution in [0.25, 0.3) is 0 Å². The zero-order valence-corrected chi connectivity index (χ0v) is 18.3. The molecule has 1 aliphatic heterocycles. The number of aliphatic hydroxyl groups excluding tert-OH is 2. The predicted octanol–water partition coefficient (Wildman–Crippen LogP) is 3.55. The minimum atomic E-state index is -2.82. The third kappa shape index (κ3) is 4.16. The van der Waals surface area contributed by atoms with E-state index in [0.29, 0.717) is 4.90 Å². The van der Waals surface area contributed by atoms with Gasteiger partial charge in [0.1, 0.15) is 0 Å². The van der Waals surface area contributed by atoms with Gasteiger partial charge in [0.25, 0.3) is 0 Å². The lowest BCUT2D eigenvalue weighted by atomic mass is 9.75. The molecule has 158 valence electrons. The smallest absolute Gasteiger partial charge is 0.0868 e. The number of rotatable bonds is 6. The Morgan fingerprint density at radius 2 is 1.96 bits per heavy atom. The van der Waals surface area contributed by atoms with E-state index >= 15 is 0 Å². The molecular weight excluding hydrogens is 374 g/mol. The predicted molar refractivity (Wildman–Crippen MR) is 112 cm³/mol. The Morgan fingerprint density at radius 3 is 2.57 bits per heavy atom. The lowest BCUT2D eigenvalue weighted by Crippen LogP contribution is -2.46. The Kier molecular flexibility index (Phi) is 6.54. The molecule has 2 fully saturated rings. The molecule has 0 spiro atoms. The van der Waals surface area contributed by atoms with E-state index in [2.05, 4.69) is 0 Å². The summed E-state index contributed by atoms with van der Waals surface area (Å²) < 4.78 is 25.4. The van der Waals surface area contributed by atoms with Gasteiger partial charge in [0.15, 0.2) is 0 Å². The zero-order chi connectivity index (χ0) is 20.5. The molecule has 1 aromatic carbocycles. The number of nitrogens with zero attached hydrogens (tertiary/aromatic N) is 1. The number of hydrogen-bond donors (Lipinski definition) is 2.